The number of carbonyl (C=O) groups is 5. The third kappa shape index (κ3) is 5.37. The van der Waals surface area contributed by atoms with E-state index >= 15 is 4.79 Å². The van der Waals surface area contributed by atoms with E-state index in [0.29, 0.717) is 38.6 Å². The number of ether oxygens (including phenoxy) is 1. The van der Waals surface area contributed by atoms with Crippen LogP contribution in [0.2, 0.25) is 10.0 Å². The molecule has 2 aliphatic carbocycles. The normalized spacial score (nSPS) is 25.4. The first-order valence-corrected chi connectivity index (χ1v) is 18.6. The van der Waals surface area contributed by atoms with E-state index in [-0.39, 0.29) is 40.6 Å². The molecule has 12 nitrogen and oxygen atoms in total. The Bertz CT molecular complexity index is 2410. The van der Waals surface area contributed by atoms with Gasteiger partial charge in [-0.1, -0.05) is 59.1 Å². The number of benzene rings is 4. The van der Waals surface area contributed by atoms with Crippen molar-refractivity contribution in [3.05, 3.63) is 122 Å². The third-order valence-electron chi connectivity index (χ3n) is 11.9. The van der Waals surface area contributed by atoms with Gasteiger partial charge in [-0.3, -0.25) is 24.6 Å². The number of halogens is 2. The zero-order valence-corrected chi connectivity index (χ0v) is 31.8. The van der Waals surface area contributed by atoms with Gasteiger partial charge >= 0.3 is 5.97 Å². The van der Waals surface area contributed by atoms with Gasteiger partial charge in [-0.2, -0.15) is 5.01 Å². The standard InChI is InChI=1S/C42H35Cl2N3O9/c1-19-14-21(15-20(2)36(19)49)35-26-11-12-28-34(39(52)46(37(28)50)24-7-10-27(40(53)54)33(48)17-24)29(26)18-30-38(51)47(45-32-13-6-23(43)16-31(32)44)41(55)42(30,35)22-4-8-25(56-3)9-5-22/h4-11,13-17,28-30,34-35,45,48-49H,12,18H2,1-3H3,(H,53,54)/t28-,29+,30-,34-,35-,42+/m0/s1. The number of carboxylic acid groups (broad SMARTS) is 1. The number of amides is 4. The molecule has 0 spiro atoms. The molecule has 0 unspecified atom stereocenters. The number of nitrogens with zero attached hydrogens (tertiary/aromatic N) is 2. The van der Waals surface area contributed by atoms with E-state index in [2.05, 4.69) is 5.43 Å². The largest absolute Gasteiger partial charge is 0.507 e. The van der Waals surface area contributed by atoms with Crippen LogP contribution in [0.5, 0.6) is 17.2 Å². The number of aromatic carboxylic acids is 1. The van der Waals surface area contributed by atoms with Crippen molar-refractivity contribution >= 4 is 64.2 Å². The summed E-state index contributed by atoms with van der Waals surface area (Å²) in [6.45, 7) is 3.49. The lowest BCUT2D eigenvalue weighted by molar-refractivity contribution is -0.138. The fourth-order valence-electron chi connectivity index (χ4n) is 9.47. The molecule has 14 heteroatoms. The van der Waals surface area contributed by atoms with Crippen LogP contribution in [-0.4, -0.2) is 57.0 Å². The quantitative estimate of drug-likeness (QED) is 0.114. The highest BCUT2D eigenvalue weighted by Crippen LogP contribution is 2.64. The molecule has 56 heavy (non-hydrogen) atoms. The van der Waals surface area contributed by atoms with Gasteiger partial charge in [0.1, 0.15) is 22.8 Å². The first kappa shape index (κ1) is 37.1. The van der Waals surface area contributed by atoms with Gasteiger partial charge in [0.15, 0.2) is 0 Å². The molecule has 0 bridgehead atoms. The summed E-state index contributed by atoms with van der Waals surface area (Å²) < 4.78 is 5.46. The number of aryl methyl sites for hydroxylation is 2. The third-order valence-corrected chi connectivity index (χ3v) is 12.4. The monoisotopic (exact) mass is 795 g/mol. The molecule has 4 aliphatic rings. The van der Waals surface area contributed by atoms with Crippen LogP contribution in [0.1, 0.15) is 51.4 Å². The van der Waals surface area contributed by atoms with E-state index < -0.39 is 70.4 Å². The lowest BCUT2D eigenvalue weighted by Gasteiger charge is -2.50. The van der Waals surface area contributed by atoms with Crippen molar-refractivity contribution in [2.75, 3.05) is 17.4 Å². The maximum absolute atomic E-state index is 15.5. The molecule has 2 heterocycles. The number of methoxy groups -OCH3 is 1. The van der Waals surface area contributed by atoms with E-state index in [9.17, 15) is 34.5 Å². The van der Waals surface area contributed by atoms with Gasteiger partial charge in [0.2, 0.25) is 11.8 Å². The molecule has 0 aromatic heterocycles. The Kier molecular flexibility index (Phi) is 8.89. The van der Waals surface area contributed by atoms with E-state index in [0.717, 1.165) is 22.0 Å². The molecule has 1 saturated carbocycles. The number of phenolic OH excluding ortho intramolecular Hbond substituents is 1. The molecule has 6 atom stereocenters. The summed E-state index contributed by atoms with van der Waals surface area (Å²) in [6, 6.07) is 18.6. The second kappa shape index (κ2) is 13.4. The van der Waals surface area contributed by atoms with Gasteiger partial charge in [0, 0.05) is 17.0 Å². The zero-order valence-electron chi connectivity index (χ0n) is 30.2. The topological polar surface area (TPSA) is 174 Å². The molecule has 2 aliphatic heterocycles. The number of hydrazine groups is 1. The average Bonchev–Trinajstić information content (AvgIpc) is 3.55. The zero-order chi connectivity index (χ0) is 40.0. The van der Waals surface area contributed by atoms with Crippen molar-refractivity contribution in [2.45, 2.75) is 38.0 Å². The lowest BCUT2D eigenvalue weighted by atomic mass is 9.49. The fraction of sp³-hybridized carbons (Fsp3) is 0.262. The van der Waals surface area contributed by atoms with Crippen LogP contribution in [0, 0.1) is 37.5 Å². The van der Waals surface area contributed by atoms with Crippen molar-refractivity contribution < 1.29 is 44.0 Å². The number of nitrogens with one attached hydrogen (secondary N) is 1. The molecule has 4 aromatic rings. The summed E-state index contributed by atoms with van der Waals surface area (Å²) in [5.41, 5.74) is 4.20. The number of aromatic hydroxyl groups is 2. The van der Waals surface area contributed by atoms with Gasteiger partial charge in [0.05, 0.1) is 46.7 Å². The van der Waals surface area contributed by atoms with Crippen LogP contribution >= 0.6 is 23.2 Å². The van der Waals surface area contributed by atoms with Crippen molar-refractivity contribution in [2.24, 2.45) is 23.7 Å². The van der Waals surface area contributed by atoms with Gasteiger partial charge in [0.25, 0.3) is 11.8 Å². The smallest absolute Gasteiger partial charge is 0.339 e. The highest BCUT2D eigenvalue weighted by atomic mass is 35.5. The molecule has 3 fully saturated rings. The SMILES string of the molecule is COc1ccc([C@@]23C(=O)N(Nc4ccc(Cl)cc4Cl)C(=O)[C@@H]2C[C@@H]2C(=CC[C@@H]4C(=O)N(c5ccc(C(=O)O)c(O)c5)C(=O)[C@@H]42)[C@@H]3c2cc(C)c(O)c(C)c2)cc1. The van der Waals surface area contributed by atoms with E-state index in [4.69, 9.17) is 27.9 Å². The molecule has 4 N–H and O–H groups in total. The first-order chi connectivity index (χ1) is 26.7. The fourth-order valence-corrected chi connectivity index (χ4v) is 9.92. The summed E-state index contributed by atoms with van der Waals surface area (Å²) in [5.74, 6) is -8.01. The second-order valence-corrected chi connectivity index (χ2v) is 15.6. The Morgan fingerprint density at radius 1 is 0.875 bits per heavy atom. The van der Waals surface area contributed by atoms with Crippen molar-refractivity contribution in [3.63, 3.8) is 0 Å². The number of anilines is 2. The number of hydrogen-bond donors (Lipinski definition) is 4. The average molecular weight is 797 g/mol. The van der Waals surface area contributed by atoms with Gasteiger partial charge < -0.3 is 20.1 Å². The predicted molar refractivity (Wildman–Crippen MR) is 206 cm³/mol. The molecular weight excluding hydrogens is 761 g/mol. The highest BCUT2D eigenvalue weighted by molar-refractivity contribution is 6.36. The summed E-state index contributed by atoms with van der Waals surface area (Å²) >= 11 is 12.7. The number of phenols is 2. The van der Waals surface area contributed by atoms with Crippen LogP contribution in [-0.2, 0) is 24.6 Å². The van der Waals surface area contributed by atoms with Crippen LogP contribution in [0.25, 0.3) is 0 Å². The van der Waals surface area contributed by atoms with Crippen molar-refractivity contribution in [1.82, 2.24) is 5.01 Å². The maximum Gasteiger partial charge on any atom is 0.339 e. The van der Waals surface area contributed by atoms with Crippen molar-refractivity contribution in [1.29, 1.82) is 0 Å². The van der Waals surface area contributed by atoms with E-state index in [1.165, 1.54) is 19.2 Å². The molecule has 8 rings (SSSR count). The van der Waals surface area contributed by atoms with Crippen molar-refractivity contribution in [3.8, 4) is 17.2 Å². The summed E-state index contributed by atoms with van der Waals surface area (Å²) in [4.78, 5) is 71.7. The molecule has 2 saturated heterocycles. The van der Waals surface area contributed by atoms with E-state index in [1.807, 2.05) is 6.08 Å². The summed E-state index contributed by atoms with van der Waals surface area (Å²) in [7, 11) is 1.52. The minimum atomic E-state index is -1.59. The molecule has 4 amide bonds. The Labute approximate surface area is 330 Å². The van der Waals surface area contributed by atoms with E-state index in [1.54, 1.807) is 62.4 Å². The van der Waals surface area contributed by atoms with Crippen LogP contribution in [0.3, 0.4) is 0 Å². The van der Waals surface area contributed by atoms with Gasteiger partial charge in [-0.25, -0.2) is 9.69 Å². The number of fused-ring (bicyclic) bond motifs is 4. The summed E-state index contributed by atoms with van der Waals surface area (Å²) in [5, 5.41) is 32.3. The number of carbonyl (C=O) groups excluding carboxylic acids is 4. The first-order valence-electron chi connectivity index (χ1n) is 17.9. The lowest BCUT2D eigenvalue weighted by Crippen LogP contribution is -2.53. The minimum Gasteiger partial charge on any atom is -0.507 e. The number of carboxylic acids is 1. The molecular formula is C42H35Cl2N3O9. The Morgan fingerprint density at radius 3 is 2.20 bits per heavy atom. The maximum atomic E-state index is 15.5. The second-order valence-electron chi connectivity index (χ2n) is 14.7. The van der Waals surface area contributed by atoms with Crippen LogP contribution < -0.4 is 15.1 Å². The molecule has 286 valence electrons. The molecule has 0 radical (unpaired) electrons. The predicted octanol–water partition coefficient (Wildman–Crippen LogP) is 6.92. The van der Waals surface area contributed by atoms with Gasteiger partial charge in [-0.15, -0.1) is 0 Å². The Morgan fingerprint density at radius 2 is 1.57 bits per heavy atom. The Balaban J connectivity index is 1.33. The minimum absolute atomic E-state index is 0.0126. The van der Waals surface area contributed by atoms with Crippen LogP contribution in [0.4, 0.5) is 11.4 Å². The number of hydrogen-bond acceptors (Lipinski definition) is 9. The highest BCUT2D eigenvalue weighted by Gasteiger charge is 2.70. The molecule has 4 aromatic carbocycles. The number of imide groups is 2. The summed E-state index contributed by atoms with van der Waals surface area (Å²) in [6.07, 6.45) is 2.05. The Hall–Kier alpha value is -5.85. The van der Waals surface area contributed by atoms with Crippen LogP contribution in [0.15, 0.2) is 84.4 Å². The van der Waals surface area contributed by atoms with Gasteiger partial charge in [-0.05, 0) is 97.3 Å². The number of allylic oxidation sites excluding steroid dienone is 2. The number of rotatable bonds is 7.